The van der Waals surface area contributed by atoms with Gasteiger partial charge in [-0.1, -0.05) is 6.07 Å². The van der Waals surface area contributed by atoms with E-state index in [0.29, 0.717) is 23.0 Å². The van der Waals surface area contributed by atoms with Crippen molar-refractivity contribution in [3.05, 3.63) is 23.8 Å². The molecule has 16 heavy (non-hydrogen) atoms. The van der Waals surface area contributed by atoms with Crippen LogP contribution in [-0.2, 0) is 0 Å². The van der Waals surface area contributed by atoms with Crippen LogP contribution in [0.1, 0.15) is 16.8 Å². The minimum absolute atomic E-state index is 0.382. The third-order valence-corrected chi connectivity index (χ3v) is 3.80. The molecule has 86 valence electrons. The van der Waals surface area contributed by atoms with Gasteiger partial charge in [0.2, 0.25) is 0 Å². The Balaban J connectivity index is 2.26. The molecule has 1 saturated heterocycles. The highest BCUT2D eigenvalue weighted by atomic mass is 32.2. The summed E-state index contributed by atoms with van der Waals surface area (Å²) >= 11 is 1.90. The second kappa shape index (κ2) is 4.65. The molecule has 1 fully saturated rings. The molecule has 1 aliphatic rings. The number of hydrogen-bond donors (Lipinski definition) is 3. The van der Waals surface area contributed by atoms with Crippen molar-refractivity contribution in [1.29, 1.82) is 0 Å². The normalized spacial score (nSPS) is 19.6. The van der Waals surface area contributed by atoms with Crippen molar-refractivity contribution in [1.82, 2.24) is 0 Å². The van der Waals surface area contributed by atoms with E-state index in [-0.39, 0.29) is 0 Å². The van der Waals surface area contributed by atoms with Gasteiger partial charge in [-0.25, -0.2) is 0 Å². The number of para-hydroxylation sites is 1. The Bertz CT molecular complexity index is 402. The third kappa shape index (κ3) is 2.24. The highest BCUT2D eigenvalue weighted by Crippen LogP contribution is 2.27. The molecule has 2 rings (SSSR count). The number of benzene rings is 1. The molecule has 5 heteroatoms. The van der Waals surface area contributed by atoms with E-state index in [0.717, 1.165) is 17.9 Å². The fourth-order valence-electron chi connectivity index (χ4n) is 1.79. The van der Waals surface area contributed by atoms with Crippen molar-refractivity contribution in [3.8, 4) is 0 Å². The van der Waals surface area contributed by atoms with E-state index < -0.39 is 5.91 Å². The number of thioether (sulfide) groups is 1. The fraction of sp³-hybridized carbons (Fsp3) is 0.364. The van der Waals surface area contributed by atoms with E-state index in [4.69, 9.17) is 11.5 Å². The van der Waals surface area contributed by atoms with E-state index in [9.17, 15) is 4.79 Å². The number of anilines is 2. The molecule has 1 atom stereocenters. The number of carbonyl (C=O) groups excluding carboxylic acids is 1. The Morgan fingerprint density at radius 2 is 2.31 bits per heavy atom. The average molecular weight is 237 g/mol. The van der Waals surface area contributed by atoms with Gasteiger partial charge in [0.1, 0.15) is 0 Å². The predicted molar refractivity (Wildman–Crippen MR) is 68.7 cm³/mol. The lowest BCUT2D eigenvalue weighted by Gasteiger charge is -2.17. The summed E-state index contributed by atoms with van der Waals surface area (Å²) in [6.45, 7) is 0. The van der Waals surface area contributed by atoms with E-state index in [2.05, 4.69) is 5.32 Å². The van der Waals surface area contributed by atoms with Crippen molar-refractivity contribution >= 4 is 29.0 Å². The quantitative estimate of drug-likeness (QED) is 0.692. The number of nitrogens with one attached hydrogen (secondary N) is 1. The Labute approximate surface area is 98.8 Å². The number of nitrogens with two attached hydrogens (primary N) is 2. The van der Waals surface area contributed by atoms with Crippen LogP contribution in [0.2, 0.25) is 0 Å². The van der Waals surface area contributed by atoms with Gasteiger partial charge in [-0.05, 0) is 24.3 Å². The Morgan fingerprint density at radius 3 is 2.94 bits per heavy atom. The fourth-order valence-corrected chi connectivity index (χ4v) is 2.94. The van der Waals surface area contributed by atoms with E-state index >= 15 is 0 Å². The van der Waals surface area contributed by atoms with Crippen molar-refractivity contribution in [2.24, 2.45) is 5.73 Å². The Morgan fingerprint density at radius 1 is 1.50 bits per heavy atom. The van der Waals surface area contributed by atoms with Gasteiger partial charge in [-0.2, -0.15) is 11.8 Å². The molecule has 0 bridgehead atoms. The molecular weight excluding hydrogens is 222 g/mol. The summed E-state index contributed by atoms with van der Waals surface area (Å²) in [4.78, 5) is 11.3. The van der Waals surface area contributed by atoms with E-state index in [1.807, 2.05) is 11.8 Å². The van der Waals surface area contributed by atoms with Crippen LogP contribution in [0.5, 0.6) is 0 Å². The minimum atomic E-state index is -0.444. The molecule has 5 N–H and O–H groups in total. The summed E-state index contributed by atoms with van der Waals surface area (Å²) in [5.41, 5.74) is 12.9. The first-order valence-electron chi connectivity index (χ1n) is 5.21. The van der Waals surface area contributed by atoms with Gasteiger partial charge >= 0.3 is 0 Å². The highest BCUT2D eigenvalue weighted by molar-refractivity contribution is 7.99. The molecule has 1 heterocycles. The second-order valence-corrected chi connectivity index (χ2v) is 4.99. The molecular formula is C11H15N3OS. The third-order valence-electron chi connectivity index (χ3n) is 2.64. The standard InChI is InChI=1S/C11H15N3OS/c12-9-3-1-2-8(11(13)15)10(9)14-7-4-5-16-6-7/h1-3,7,14H,4-6,12H2,(H2,13,15). The van der Waals surface area contributed by atoms with Crippen molar-refractivity contribution in [2.45, 2.75) is 12.5 Å². The van der Waals surface area contributed by atoms with Crippen LogP contribution in [0.25, 0.3) is 0 Å². The Kier molecular flexibility index (Phi) is 3.24. The van der Waals surface area contributed by atoms with Crippen LogP contribution in [0.15, 0.2) is 18.2 Å². The molecule has 1 unspecified atom stereocenters. The lowest BCUT2D eigenvalue weighted by atomic mass is 10.1. The molecule has 1 amide bonds. The zero-order valence-electron chi connectivity index (χ0n) is 8.90. The van der Waals surface area contributed by atoms with Crippen LogP contribution in [0, 0.1) is 0 Å². The number of hydrogen-bond acceptors (Lipinski definition) is 4. The van der Waals surface area contributed by atoms with Crippen LogP contribution in [0.4, 0.5) is 11.4 Å². The first-order chi connectivity index (χ1) is 7.68. The van der Waals surface area contributed by atoms with Crippen LogP contribution in [0.3, 0.4) is 0 Å². The highest BCUT2D eigenvalue weighted by Gasteiger charge is 2.18. The molecule has 1 aromatic carbocycles. The van der Waals surface area contributed by atoms with Crippen LogP contribution in [-0.4, -0.2) is 23.5 Å². The lowest BCUT2D eigenvalue weighted by Crippen LogP contribution is -2.22. The first-order valence-corrected chi connectivity index (χ1v) is 6.36. The van der Waals surface area contributed by atoms with Crippen molar-refractivity contribution in [2.75, 3.05) is 22.6 Å². The van der Waals surface area contributed by atoms with Gasteiger partial charge in [0.15, 0.2) is 0 Å². The predicted octanol–water partition coefficient (Wildman–Crippen LogP) is 1.29. The Hall–Kier alpha value is -1.36. The lowest BCUT2D eigenvalue weighted by molar-refractivity contribution is 0.100. The SMILES string of the molecule is NC(=O)c1cccc(N)c1NC1CCSC1. The summed E-state index contributed by atoms with van der Waals surface area (Å²) in [7, 11) is 0. The zero-order valence-corrected chi connectivity index (χ0v) is 9.72. The smallest absolute Gasteiger partial charge is 0.250 e. The minimum Gasteiger partial charge on any atom is -0.397 e. The molecule has 0 aromatic heterocycles. The van der Waals surface area contributed by atoms with Crippen LogP contribution < -0.4 is 16.8 Å². The topological polar surface area (TPSA) is 81.1 Å². The van der Waals surface area contributed by atoms with Gasteiger partial charge < -0.3 is 16.8 Å². The average Bonchev–Trinajstić information content (AvgIpc) is 2.73. The van der Waals surface area contributed by atoms with Crippen molar-refractivity contribution in [3.63, 3.8) is 0 Å². The zero-order chi connectivity index (χ0) is 11.5. The van der Waals surface area contributed by atoms with Gasteiger partial charge in [0.05, 0.1) is 16.9 Å². The number of primary amides is 1. The van der Waals surface area contributed by atoms with Crippen LogP contribution >= 0.6 is 11.8 Å². The maximum absolute atomic E-state index is 11.3. The summed E-state index contributed by atoms with van der Waals surface area (Å²) in [6.07, 6.45) is 1.09. The molecule has 1 aromatic rings. The molecule has 0 saturated carbocycles. The molecule has 0 spiro atoms. The molecule has 4 nitrogen and oxygen atoms in total. The monoisotopic (exact) mass is 237 g/mol. The van der Waals surface area contributed by atoms with Gasteiger partial charge in [-0.15, -0.1) is 0 Å². The summed E-state index contributed by atoms with van der Waals surface area (Å²) in [5, 5.41) is 3.31. The number of rotatable bonds is 3. The summed E-state index contributed by atoms with van der Waals surface area (Å²) in [5.74, 6) is 1.75. The first kappa shape index (κ1) is 11.1. The molecule has 0 aliphatic carbocycles. The number of amides is 1. The van der Waals surface area contributed by atoms with Gasteiger partial charge in [0, 0.05) is 11.8 Å². The van der Waals surface area contributed by atoms with E-state index in [1.54, 1.807) is 18.2 Å². The maximum Gasteiger partial charge on any atom is 0.250 e. The second-order valence-electron chi connectivity index (χ2n) is 3.84. The van der Waals surface area contributed by atoms with Gasteiger partial charge in [0.25, 0.3) is 5.91 Å². The number of carbonyl (C=O) groups is 1. The summed E-state index contributed by atoms with van der Waals surface area (Å²) < 4.78 is 0. The molecule has 1 aliphatic heterocycles. The maximum atomic E-state index is 11.3. The van der Waals surface area contributed by atoms with Gasteiger partial charge in [-0.3, -0.25) is 4.79 Å². The largest absolute Gasteiger partial charge is 0.397 e. The molecule has 0 radical (unpaired) electrons. The summed E-state index contributed by atoms with van der Waals surface area (Å²) in [6, 6.07) is 5.59. The number of nitrogen functional groups attached to an aromatic ring is 1. The van der Waals surface area contributed by atoms with E-state index in [1.165, 1.54) is 0 Å². The van der Waals surface area contributed by atoms with Crippen molar-refractivity contribution < 1.29 is 4.79 Å².